The van der Waals surface area contributed by atoms with Crippen molar-refractivity contribution in [3.05, 3.63) is 107 Å². The number of carbonyl (C=O) groups excluding carboxylic acids is 1. The highest BCUT2D eigenvalue weighted by Gasteiger charge is 2.53. The van der Waals surface area contributed by atoms with Gasteiger partial charge < -0.3 is 9.88 Å². The molecule has 0 spiro atoms. The van der Waals surface area contributed by atoms with Crippen molar-refractivity contribution < 1.29 is 9.18 Å². The van der Waals surface area contributed by atoms with E-state index in [2.05, 4.69) is 15.5 Å². The molecule has 5 nitrogen and oxygen atoms in total. The summed E-state index contributed by atoms with van der Waals surface area (Å²) in [4.78, 5) is 18.7. The first-order valence-corrected chi connectivity index (χ1v) is 11.2. The Kier molecular flexibility index (Phi) is 4.69. The first-order chi connectivity index (χ1) is 16.1. The quantitative estimate of drug-likeness (QED) is 0.450. The third kappa shape index (κ3) is 3.29. The summed E-state index contributed by atoms with van der Waals surface area (Å²) >= 11 is 6.08. The van der Waals surface area contributed by atoms with E-state index in [0.717, 1.165) is 33.3 Å². The van der Waals surface area contributed by atoms with Gasteiger partial charge in [-0.05, 0) is 47.0 Å². The van der Waals surface area contributed by atoms with Gasteiger partial charge in [-0.2, -0.15) is 5.10 Å². The molecule has 1 amide bonds. The summed E-state index contributed by atoms with van der Waals surface area (Å²) in [7, 11) is 0. The summed E-state index contributed by atoms with van der Waals surface area (Å²) in [6, 6.07) is 21.1. The number of H-pyrrole nitrogens is 1. The summed E-state index contributed by atoms with van der Waals surface area (Å²) in [5.74, 6) is -0.635. The van der Waals surface area contributed by atoms with E-state index >= 15 is 0 Å². The molecule has 1 saturated heterocycles. The topological polar surface area (TPSA) is 60.5 Å². The lowest BCUT2D eigenvalue weighted by molar-refractivity contribution is -0.131. The summed E-state index contributed by atoms with van der Waals surface area (Å²) in [6.45, 7) is 0.409. The molecule has 164 valence electrons. The maximum atomic E-state index is 14.3. The monoisotopic (exact) mass is 458 g/mol. The van der Waals surface area contributed by atoms with Crippen molar-refractivity contribution in [2.75, 3.05) is 0 Å². The van der Waals surface area contributed by atoms with Gasteiger partial charge in [-0.15, -0.1) is 0 Å². The van der Waals surface area contributed by atoms with Gasteiger partial charge in [0.2, 0.25) is 5.91 Å². The van der Waals surface area contributed by atoms with E-state index in [1.165, 1.54) is 12.1 Å². The zero-order valence-electron chi connectivity index (χ0n) is 17.5. The minimum absolute atomic E-state index is 0.0488. The molecule has 33 heavy (non-hydrogen) atoms. The van der Waals surface area contributed by atoms with Gasteiger partial charge in [0.05, 0.1) is 17.7 Å². The molecule has 3 aromatic carbocycles. The molecule has 3 atom stereocenters. The molecule has 7 heteroatoms. The lowest BCUT2D eigenvalue weighted by atomic mass is 9.85. The number of likely N-dealkylation sites (tertiary alicyclic amines) is 1. The predicted octanol–water partition coefficient (Wildman–Crippen LogP) is 5.04. The van der Waals surface area contributed by atoms with E-state index in [4.69, 9.17) is 11.6 Å². The number of para-hydroxylation sites is 1. The number of aromatic nitrogens is 1. The maximum Gasteiger partial charge on any atom is 0.248 e. The number of amides is 1. The number of fused-ring (bicyclic) bond motifs is 2. The van der Waals surface area contributed by atoms with Gasteiger partial charge in [-0.25, -0.2) is 4.39 Å². The van der Waals surface area contributed by atoms with Crippen LogP contribution >= 0.6 is 11.6 Å². The van der Waals surface area contributed by atoms with Crippen molar-refractivity contribution in [2.24, 2.45) is 11.0 Å². The summed E-state index contributed by atoms with van der Waals surface area (Å²) in [6.07, 6.45) is 1.94. The molecule has 2 aliphatic rings. The molecular weight excluding hydrogens is 439 g/mol. The second-order valence-corrected chi connectivity index (χ2v) is 8.90. The average Bonchev–Trinajstić information content (AvgIpc) is 3.50. The Morgan fingerprint density at radius 2 is 1.85 bits per heavy atom. The van der Waals surface area contributed by atoms with Crippen LogP contribution in [0, 0.1) is 11.7 Å². The van der Waals surface area contributed by atoms with Crippen molar-refractivity contribution in [1.29, 1.82) is 0 Å². The summed E-state index contributed by atoms with van der Waals surface area (Å²) in [5.41, 5.74) is 7.51. The van der Waals surface area contributed by atoms with E-state index in [1.54, 1.807) is 6.07 Å². The third-order valence-corrected chi connectivity index (χ3v) is 6.82. The Bertz CT molecular complexity index is 1400. The van der Waals surface area contributed by atoms with E-state index < -0.39 is 6.04 Å². The number of benzene rings is 3. The highest BCUT2D eigenvalue weighted by molar-refractivity contribution is 6.30. The first kappa shape index (κ1) is 20.0. The molecule has 3 heterocycles. The number of nitrogens with zero attached hydrogens (tertiary/aromatic N) is 2. The number of aromatic amines is 1. The molecule has 2 N–H and O–H groups in total. The van der Waals surface area contributed by atoms with Crippen LogP contribution in [0.3, 0.4) is 0 Å². The van der Waals surface area contributed by atoms with Crippen LogP contribution < -0.4 is 5.43 Å². The van der Waals surface area contributed by atoms with Crippen molar-refractivity contribution >= 4 is 34.1 Å². The Hall–Kier alpha value is -3.64. The van der Waals surface area contributed by atoms with E-state index in [9.17, 15) is 9.18 Å². The highest BCUT2D eigenvalue weighted by Crippen LogP contribution is 2.44. The van der Waals surface area contributed by atoms with Gasteiger partial charge in [-0.1, -0.05) is 54.1 Å². The molecule has 1 fully saturated rings. The number of hydrogen-bond acceptors (Lipinski definition) is 3. The minimum Gasteiger partial charge on any atom is -0.361 e. The molecule has 3 unspecified atom stereocenters. The fourth-order valence-electron chi connectivity index (χ4n) is 5.08. The molecule has 6 rings (SSSR count). The Morgan fingerprint density at radius 3 is 2.67 bits per heavy atom. The third-order valence-electron chi connectivity index (χ3n) is 6.57. The Morgan fingerprint density at radius 1 is 1.03 bits per heavy atom. The van der Waals surface area contributed by atoms with Crippen LogP contribution in [0.15, 0.2) is 84.1 Å². The molecule has 1 aromatic heterocycles. The lowest BCUT2D eigenvalue weighted by Crippen LogP contribution is -2.35. The minimum atomic E-state index is -0.505. The fourth-order valence-corrected chi connectivity index (χ4v) is 5.21. The molecular formula is C26H20ClFN4O. The Balaban J connectivity index is 1.44. The lowest BCUT2D eigenvalue weighted by Gasteiger charge is -2.28. The van der Waals surface area contributed by atoms with Crippen LogP contribution in [0.1, 0.15) is 22.7 Å². The van der Waals surface area contributed by atoms with Crippen molar-refractivity contribution in [3.8, 4) is 0 Å². The molecule has 0 aliphatic carbocycles. The van der Waals surface area contributed by atoms with Crippen LogP contribution in [-0.4, -0.2) is 27.5 Å². The van der Waals surface area contributed by atoms with Gasteiger partial charge in [0.15, 0.2) is 0 Å². The standard InChI is InChI=1S/C26H20ClFN4O/c27-18-10-8-15(9-11-18)23-22-24(31-30-23)26(33)32(25(22)16-4-3-5-19(28)12-16)14-17-13-29-21-7-2-1-6-20(17)21/h1-13,22,24-25,29,31H,14H2. The maximum absolute atomic E-state index is 14.3. The van der Waals surface area contributed by atoms with Crippen LogP contribution in [0.2, 0.25) is 5.02 Å². The van der Waals surface area contributed by atoms with Gasteiger partial charge in [0, 0.05) is 28.7 Å². The first-order valence-electron chi connectivity index (χ1n) is 10.8. The summed E-state index contributed by atoms with van der Waals surface area (Å²) in [5, 5.41) is 6.23. The molecule has 2 aliphatic heterocycles. The normalized spacial score (nSPS) is 21.9. The molecule has 4 aromatic rings. The number of rotatable bonds is 4. The van der Waals surface area contributed by atoms with Crippen LogP contribution in [0.25, 0.3) is 10.9 Å². The van der Waals surface area contributed by atoms with Gasteiger partial charge in [0.1, 0.15) is 11.9 Å². The Labute approximate surface area is 194 Å². The second kappa shape index (κ2) is 7.74. The van der Waals surface area contributed by atoms with Crippen LogP contribution in [0.4, 0.5) is 4.39 Å². The number of hydrazone groups is 1. The number of halogens is 2. The average molecular weight is 459 g/mol. The van der Waals surface area contributed by atoms with Crippen molar-refractivity contribution in [2.45, 2.75) is 18.6 Å². The largest absolute Gasteiger partial charge is 0.361 e. The molecule has 0 radical (unpaired) electrons. The number of carbonyl (C=O) groups is 1. The van der Waals surface area contributed by atoms with Gasteiger partial charge in [-0.3, -0.25) is 10.2 Å². The number of hydrogen-bond donors (Lipinski definition) is 2. The summed E-state index contributed by atoms with van der Waals surface area (Å²) < 4.78 is 14.3. The van der Waals surface area contributed by atoms with Crippen LogP contribution in [-0.2, 0) is 11.3 Å². The van der Waals surface area contributed by atoms with Crippen LogP contribution in [0.5, 0.6) is 0 Å². The molecule has 0 bridgehead atoms. The zero-order chi connectivity index (χ0) is 22.5. The van der Waals surface area contributed by atoms with Crippen molar-refractivity contribution in [3.63, 3.8) is 0 Å². The predicted molar refractivity (Wildman–Crippen MR) is 126 cm³/mol. The SMILES string of the molecule is O=C1C2NN=C(c3ccc(Cl)cc3)C2C(c2cccc(F)c2)N1Cc1c[nH]c2ccccc12. The van der Waals surface area contributed by atoms with E-state index in [0.29, 0.717) is 11.6 Å². The second-order valence-electron chi connectivity index (χ2n) is 8.46. The zero-order valence-corrected chi connectivity index (χ0v) is 18.3. The van der Waals surface area contributed by atoms with Crippen molar-refractivity contribution in [1.82, 2.24) is 15.3 Å². The smallest absolute Gasteiger partial charge is 0.248 e. The fraction of sp³-hybridized carbons (Fsp3) is 0.154. The number of nitrogens with one attached hydrogen (secondary N) is 2. The van der Waals surface area contributed by atoms with E-state index in [-0.39, 0.29) is 23.7 Å². The highest BCUT2D eigenvalue weighted by atomic mass is 35.5. The van der Waals surface area contributed by atoms with Gasteiger partial charge in [0.25, 0.3) is 0 Å². The van der Waals surface area contributed by atoms with E-state index in [1.807, 2.05) is 65.7 Å². The molecule has 0 saturated carbocycles. The van der Waals surface area contributed by atoms with Gasteiger partial charge >= 0.3 is 0 Å².